The highest BCUT2D eigenvalue weighted by molar-refractivity contribution is 8.00. The Morgan fingerprint density at radius 2 is 2.16 bits per heavy atom. The van der Waals surface area contributed by atoms with Crippen molar-refractivity contribution >= 4 is 11.8 Å². The van der Waals surface area contributed by atoms with Crippen LogP contribution in [0, 0.1) is 0 Å². The van der Waals surface area contributed by atoms with Crippen molar-refractivity contribution in [3.8, 4) is 0 Å². The van der Waals surface area contributed by atoms with Crippen LogP contribution in [0.3, 0.4) is 0 Å². The molecule has 106 valence electrons. The number of aliphatic hydroxyl groups is 1. The van der Waals surface area contributed by atoms with E-state index < -0.39 is 18.3 Å². The zero-order valence-corrected chi connectivity index (χ0v) is 11.2. The molecule has 1 aliphatic rings. The van der Waals surface area contributed by atoms with Gasteiger partial charge in [-0.15, -0.1) is 11.8 Å². The second-order valence-electron chi connectivity index (χ2n) is 4.50. The topological polar surface area (TPSA) is 29.5 Å². The quantitative estimate of drug-likeness (QED) is 0.925. The molecule has 0 amide bonds. The Labute approximate surface area is 114 Å². The third-order valence-corrected chi connectivity index (χ3v) is 4.60. The van der Waals surface area contributed by atoms with Crippen LogP contribution in [0.2, 0.25) is 0 Å². The summed E-state index contributed by atoms with van der Waals surface area (Å²) in [5, 5.41) is 9.15. The summed E-state index contributed by atoms with van der Waals surface area (Å²) in [5.74, 6) is 0. The van der Waals surface area contributed by atoms with E-state index in [2.05, 4.69) is 0 Å². The van der Waals surface area contributed by atoms with E-state index in [-0.39, 0.29) is 16.9 Å². The lowest BCUT2D eigenvalue weighted by Crippen LogP contribution is -2.14. The lowest BCUT2D eigenvalue weighted by Gasteiger charge is -2.16. The van der Waals surface area contributed by atoms with Crippen LogP contribution in [0.5, 0.6) is 0 Å². The number of hydrogen-bond acceptors (Lipinski definition) is 3. The molecule has 19 heavy (non-hydrogen) atoms. The van der Waals surface area contributed by atoms with E-state index in [0.717, 1.165) is 12.5 Å². The zero-order valence-electron chi connectivity index (χ0n) is 10.4. The Balaban J connectivity index is 2.23. The van der Waals surface area contributed by atoms with Gasteiger partial charge in [0.05, 0.1) is 18.3 Å². The van der Waals surface area contributed by atoms with Crippen LogP contribution in [-0.4, -0.2) is 23.1 Å². The minimum absolute atomic E-state index is 0.0526. The summed E-state index contributed by atoms with van der Waals surface area (Å²) >= 11 is 1.40. The first kappa shape index (κ1) is 14.7. The number of thioether (sulfide) groups is 1. The van der Waals surface area contributed by atoms with Gasteiger partial charge < -0.3 is 9.84 Å². The number of halogens is 3. The number of rotatable bonds is 3. The number of hydrogen-bond donors (Lipinski definition) is 1. The van der Waals surface area contributed by atoms with Crippen molar-refractivity contribution in [1.82, 2.24) is 0 Å². The Bertz CT molecular complexity index is 448. The summed E-state index contributed by atoms with van der Waals surface area (Å²) in [6, 6.07) is 4.07. The maximum atomic E-state index is 12.9. The predicted molar refractivity (Wildman–Crippen MR) is 67.0 cm³/mol. The van der Waals surface area contributed by atoms with Gasteiger partial charge in [0, 0.05) is 16.8 Å². The molecule has 1 fully saturated rings. The van der Waals surface area contributed by atoms with Crippen molar-refractivity contribution in [1.29, 1.82) is 0 Å². The van der Waals surface area contributed by atoms with Crippen LogP contribution in [0.15, 0.2) is 23.1 Å². The summed E-state index contributed by atoms with van der Waals surface area (Å²) in [6.07, 6.45) is -3.54. The first-order chi connectivity index (χ1) is 8.91. The van der Waals surface area contributed by atoms with Crippen molar-refractivity contribution in [3.63, 3.8) is 0 Å². The highest BCUT2D eigenvalue weighted by Crippen LogP contribution is 2.38. The smallest absolute Gasteiger partial charge is 0.392 e. The summed E-state index contributed by atoms with van der Waals surface area (Å²) in [5.41, 5.74) is -0.848. The monoisotopic (exact) mass is 292 g/mol. The van der Waals surface area contributed by atoms with E-state index in [0.29, 0.717) is 11.5 Å². The fourth-order valence-electron chi connectivity index (χ4n) is 2.07. The molecule has 1 heterocycles. The molecule has 2 nitrogen and oxygen atoms in total. The van der Waals surface area contributed by atoms with Crippen LogP contribution < -0.4 is 0 Å². The largest absolute Gasteiger partial charge is 0.416 e. The standard InChI is InChI=1S/C13H15F3O2S/c1-8-12(4-5-18-8)19-10-3-2-9(7-17)11(6-10)13(14,15)16/h2-3,6,8,12,17H,4-5,7H2,1H3. The molecule has 1 aromatic carbocycles. The second kappa shape index (κ2) is 5.73. The summed E-state index contributed by atoms with van der Waals surface area (Å²) in [4.78, 5) is 0.562. The first-order valence-electron chi connectivity index (χ1n) is 6.01. The van der Waals surface area contributed by atoms with Gasteiger partial charge in [-0.05, 0) is 31.0 Å². The number of ether oxygens (including phenoxy) is 1. The van der Waals surface area contributed by atoms with E-state index in [4.69, 9.17) is 9.84 Å². The van der Waals surface area contributed by atoms with Crippen LogP contribution in [0.1, 0.15) is 24.5 Å². The van der Waals surface area contributed by atoms with Crippen LogP contribution in [0.4, 0.5) is 13.2 Å². The van der Waals surface area contributed by atoms with E-state index >= 15 is 0 Å². The third kappa shape index (κ3) is 3.43. The predicted octanol–water partition coefficient (Wildman–Crippen LogP) is 3.47. The fourth-order valence-corrected chi connectivity index (χ4v) is 3.24. The van der Waals surface area contributed by atoms with Gasteiger partial charge in [-0.2, -0.15) is 13.2 Å². The van der Waals surface area contributed by atoms with Crippen molar-refractivity contribution in [3.05, 3.63) is 29.3 Å². The number of aliphatic hydroxyl groups excluding tert-OH is 1. The molecular weight excluding hydrogens is 277 g/mol. The van der Waals surface area contributed by atoms with E-state index in [9.17, 15) is 13.2 Å². The Kier molecular flexibility index (Phi) is 4.43. The molecule has 2 atom stereocenters. The normalized spacial score (nSPS) is 23.8. The molecular formula is C13H15F3O2S. The van der Waals surface area contributed by atoms with Gasteiger partial charge >= 0.3 is 6.18 Å². The van der Waals surface area contributed by atoms with E-state index in [1.54, 1.807) is 6.07 Å². The van der Waals surface area contributed by atoms with E-state index in [1.165, 1.54) is 17.8 Å². The van der Waals surface area contributed by atoms with Crippen molar-refractivity contribution < 1.29 is 23.0 Å². The number of benzene rings is 1. The van der Waals surface area contributed by atoms with Gasteiger partial charge in [0.25, 0.3) is 0 Å². The van der Waals surface area contributed by atoms with Crippen LogP contribution in [-0.2, 0) is 17.5 Å². The zero-order chi connectivity index (χ0) is 14.0. The molecule has 1 aliphatic heterocycles. The molecule has 0 aliphatic carbocycles. The van der Waals surface area contributed by atoms with Crippen LogP contribution >= 0.6 is 11.8 Å². The second-order valence-corrected chi connectivity index (χ2v) is 5.81. The minimum Gasteiger partial charge on any atom is -0.392 e. The van der Waals surface area contributed by atoms with Gasteiger partial charge in [0.2, 0.25) is 0 Å². The minimum atomic E-state index is -4.44. The van der Waals surface area contributed by atoms with Crippen molar-refractivity contribution in [2.24, 2.45) is 0 Å². The van der Waals surface area contributed by atoms with E-state index in [1.807, 2.05) is 6.92 Å². The van der Waals surface area contributed by atoms with Gasteiger partial charge in [0.15, 0.2) is 0 Å². The van der Waals surface area contributed by atoms with Gasteiger partial charge in [0.1, 0.15) is 0 Å². The van der Waals surface area contributed by atoms with Gasteiger partial charge in [-0.25, -0.2) is 0 Å². The maximum Gasteiger partial charge on any atom is 0.416 e. The van der Waals surface area contributed by atoms with Gasteiger partial charge in [-0.3, -0.25) is 0 Å². The van der Waals surface area contributed by atoms with Crippen molar-refractivity contribution in [2.75, 3.05) is 6.61 Å². The molecule has 2 rings (SSSR count). The van der Waals surface area contributed by atoms with Gasteiger partial charge in [-0.1, -0.05) is 6.07 Å². The average molecular weight is 292 g/mol. The molecule has 2 unspecified atom stereocenters. The lowest BCUT2D eigenvalue weighted by molar-refractivity contribution is -0.138. The highest BCUT2D eigenvalue weighted by atomic mass is 32.2. The molecule has 1 saturated heterocycles. The molecule has 0 spiro atoms. The fraction of sp³-hybridized carbons (Fsp3) is 0.538. The molecule has 1 N–H and O–H groups in total. The average Bonchev–Trinajstić information content (AvgIpc) is 2.74. The lowest BCUT2D eigenvalue weighted by atomic mass is 10.1. The maximum absolute atomic E-state index is 12.9. The molecule has 0 aromatic heterocycles. The molecule has 1 aromatic rings. The third-order valence-electron chi connectivity index (χ3n) is 3.15. The molecule has 0 radical (unpaired) electrons. The van der Waals surface area contributed by atoms with Crippen molar-refractivity contribution in [2.45, 2.75) is 42.4 Å². The Morgan fingerprint density at radius 3 is 2.68 bits per heavy atom. The Hall–Kier alpha value is -0.720. The summed E-state index contributed by atoms with van der Waals surface area (Å²) in [6.45, 7) is 1.97. The summed E-state index contributed by atoms with van der Waals surface area (Å²) < 4.78 is 44.0. The first-order valence-corrected chi connectivity index (χ1v) is 6.89. The SMILES string of the molecule is CC1OCCC1Sc1ccc(CO)c(C(F)(F)F)c1. The highest BCUT2D eigenvalue weighted by Gasteiger charge is 2.34. The molecule has 0 saturated carbocycles. The van der Waals surface area contributed by atoms with Crippen LogP contribution in [0.25, 0.3) is 0 Å². The number of alkyl halides is 3. The summed E-state index contributed by atoms with van der Waals surface area (Å²) in [7, 11) is 0. The Morgan fingerprint density at radius 1 is 1.42 bits per heavy atom. The molecule has 0 bridgehead atoms. The molecule has 6 heteroatoms.